The van der Waals surface area contributed by atoms with Crippen molar-refractivity contribution in [1.29, 1.82) is 0 Å². The van der Waals surface area contributed by atoms with Crippen LogP contribution in [0, 0.1) is 0 Å². The summed E-state index contributed by atoms with van der Waals surface area (Å²) in [5.74, 6) is 0. The molecule has 1 aliphatic rings. The largest absolute Gasteiger partial charge is 0.501 e. The maximum Gasteiger partial charge on any atom is 0.411 e. The van der Waals surface area contributed by atoms with E-state index in [-0.39, 0.29) is 0 Å². The fraction of sp³-hybridized carbons (Fsp3) is 0.714. The van der Waals surface area contributed by atoms with E-state index in [2.05, 4.69) is 0 Å². The van der Waals surface area contributed by atoms with Crippen LogP contribution in [0.1, 0.15) is 40.5 Å². The third-order valence-corrected chi connectivity index (χ3v) is 3.18. The maximum atomic E-state index is 12.1. The summed E-state index contributed by atoms with van der Waals surface area (Å²) in [6.07, 6.45) is 3.41. The number of hydrogen-bond acceptors (Lipinski definition) is 4. The summed E-state index contributed by atoms with van der Waals surface area (Å²) in [5, 5.41) is 0. The summed E-state index contributed by atoms with van der Waals surface area (Å²) in [6.45, 7) is 7.72. The van der Waals surface area contributed by atoms with Crippen molar-refractivity contribution in [3.8, 4) is 0 Å². The Balaban J connectivity index is 2.91. The zero-order chi connectivity index (χ0) is 14.7. The topological polar surface area (TPSA) is 55.8 Å². The fourth-order valence-electron chi connectivity index (χ4n) is 1.83. The number of carbonyl (C=O) groups excluding carboxylic acids is 2. The molecule has 0 aliphatic carbocycles. The minimum atomic E-state index is -1.03. The van der Waals surface area contributed by atoms with Crippen LogP contribution in [-0.4, -0.2) is 42.1 Å². The summed E-state index contributed by atoms with van der Waals surface area (Å²) in [7, 11) is 1.57. The maximum absolute atomic E-state index is 12.1. The van der Waals surface area contributed by atoms with Crippen molar-refractivity contribution in [2.45, 2.75) is 51.7 Å². The van der Waals surface area contributed by atoms with Crippen LogP contribution in [0.3, 0.4) is 0 Å². The molecule has 0 spiro atoms. The molecule has 1 unspecified atom stereocenters. The van der Waals surface area contributed by atoms with Crippen molar-refractivity contribution in [3.63, 3.8) is 0 Å². The van der Waals surface area contributed by atoms with E-state index in [0.717, 1.165) is 24.7 Å². The Hall–Kier alpha value is -1.52. The molecule has 108 valence electrons. The van der Waals surface area contributed by atoms with Crippen molar-refractivity contribution < 1.29 is 19.1 Å². The van der Waals surface area contributed by atoms with E-state index in [4.69, 9.17) is 9.47 Å². The lowest BCUT2D eigenvalue weighted by atomic mass is 9.89. The highest BCUT2D eigenvalue weighted by Gasteiger charge is 2.39. The highest BCUT2D eigenvalue weighted by atomic mass is 16.6. The van der Waals surface area contributed by atoms with E-state index in [9.17, 15) is 9.59 Å². The number of ether oxygens (including phenoxy) is 2. The SMILES string of the molecule is CN(C(=O)OC(C)(C)C)C(C)(C=O)C1=COCCC1. The molecule has 0 bridgehead atoms. The van der Waals surface area contributed by atoms with Crippen molar-refractivity contribution in [2.75, 3.05) is 13.7 Å². The zero-order valence-electron chi connectivity index (χ0n) is 12.4. The molecule has 0 fully saturated rings. The first kappa shape index (κ1) is 15.5. The van der Waals surface area contributed by atoms with Crippen LogP contribution in [0.5, 0.6) is 0 Å². The Morgan fingerprint density at radius 1 is 1.42 bits per heavy atom. The molecule has 1 amide bonds. The Kier molecular flexibility index (Phi) is 4.61. The van der Waals surface area contributed by atoms with E-state index >= 15 is 0 Å². The van der Waals surface area contributed by atoms with Gasteiger partial charge in [0.05, 0.1) is 12.9 Å². The lowest BCUT2D eigenvalue weighted by Crippen LogP contribution is -2.52. The van der Waals surface area contributed by atoms with Crippen molar-refractivity contribution in [2.24, 2.45) is 0 Å². The summed E-state index contributed by atoms with van der Waals surface area (Å²) in [5.41, 5.74) is -0.822. The molecular weight excluding hydrogens is 246 g/mol. The van der Waals surface area contributed by atoms with Crippen molar-refractivity contribution >= 4 is 12.4 Å². The molecule has 0 N–H and O–H groups in total. The van der Waals surface area contributed by atoms with Gasteiger partial charge in [0.15, 0.2) is 0 Å². The van der Waals surface area contributed by atoms with E-state index in [1.54, 1.807) is 41.0 Å². The molecule has 0 saturated heterocycles. The number of carbonyl (C=O) groups is 2. The van der Waals surface area contributed by atoms with Gasteiger partial charge < -0.3 is 14.3 Å². The van der Waals surface area contributed by atoms with Crippen LogP contribution in [0.15, 0.2) is 11.8 Å². The van der Waals surface area contributed by atoms with Crippen LogP contribution in [-0.2, 0) is 14.3 Å². The highest BCUT2D eigenvalue weighted by Crippen LogP contribution is 2.29. The smallest absolute Gasteiger partial charge is 0.411 e. The van der Waals surface area contributed by atoms with Crippen LogP contribution >= 0.6 is 0 Å². The summed E-state index contributed by atoms with van der Waals surface area (Å²) in [4.78, 5) is 24.9. The third-order valence-electron chi connectivity index (χ3n) is 3.18. The van der Waals surface area contributed by atoms with E-state index in [0.29, 0.717) is 6.61 Å². The predicted molar refractivity (Wildman–Crippen MR) is 71.7 cm³/mol. The monoisotopic (exact) mass is 269 g/mol. The lowest BCUT2D eigenvalue weighted by molar-refractivity contribution is -0.115. The molecule has 0 saturated carbocycles. The Labute approximate surface area is 114 Å². The minimum Gasteiger partial charge on any atom is -0.501 e. The van der Waals surface area contributed by atoms with Gasteiger partial charge in [-0.15, -0.1) is 0 Å². The quantitative estimate of drug-likeness (QED) is 0.739. The first-order chi connectivity index (χ1) is 8.70. The highest BCUT2D eigenvalue weighted by molar-refractivity contribution is 5.79. The lowest BCUT2D eigenvalue weighted by Gasteiger charge is -2.37. The molecule has 5 nitrogen and oxygen atoms in total. The molecule has 0 aromatic heterocycles. The van der Waals surface area contributed by atoms with Gasteiger partial charge in [-0.25, -0.2) is 4.79 Å². The first-order valence-corrected chi connectivity index (χ1v) is 6.45. The van der Waals surface area contributed by atoms with Gasteiger partial charge in [-0.05, 0) is 46.1 Å². The zero-order valence-corrected chi connectivity index (χ0v) is 12.4. The summed E-state index contributed by atoms with van der Waals surface area (Å²) in [6, 6.07) is 0. The molecule has 0 radical (unpaired) electrons. The standard InChI is InChI=1S/C14H23NO4/c1-13(2,3)19-12(17)15(5)14(4,10-16)11-7-6-8-18-9-11/h9-10H,6-8H2,1-5H3. The van der Waals surface area contributed by atoms with Crippen LogP contribution in [0.4, 0.5) is 4.79 Å². The molecule has 0 aromatic carbocycles. The van der Waals surface area contributed by atoms with Gasteiger partial charge in [0.25, 0.3) is 0 Å². The van der Waals surface area contributed by atoms with Crippen LogP contribution in [0.2, 0.25) is 0 Å². The number of rotatable bonds is 3. The molecular formula is C14H23NO4. The minimum absolute atomic E-state index is 0.520. The third kappa shape index (κ3) is 3.72. The van der Waals surface area contributed by atoms with Gasteiger partial charge in [-0.1, -0.05) is 0 Å². The average molecular weight is 269 g/mol. The van der Waals surface area contributed by atoms with Crippen LogP contribution in [0.25, 0.3) is 0 Å². The van der Waals surface area contributed by atoms with E-state index < -0.39 is 17.2 Å². The molecule has 5 heteroatoms. The van der Waals surface area contributed by atoms with Gasteiger partial charge in [0.2, 0.25) is 0 Å². The molecule has 1 heterocycles. The van der Waals surface area contributed by atoms with E-state index in [1.807, 2.05) is 0 Å². The molecule has 1 atom stereocenters. The molecule has 1 aliphatic heterocycles. The van der Waals surface area contributed by atoms with Crippen LogP contribution < -0.4 is 0 Å². The van der Waals surface area contributed by atoms with Gasteiger partial charge in [0.1, 0.15) is 17.4 Å². The van der Waals surface area contributed by atoms with Gasteiger partial charge in [-0.3, -0.25) is 4.90 Å². The summed E-state index contributed by atoms with van der Waals surface area (Å²) >= 11 is 0. The normalized spacial score (nSPS) is 18.7. The number of amides is 1. The average Bonchev–Trinajstić information content (AvgIpc) is 2.36. The summed E-state index contributed by atoms with van der Waals surface area (Å²) < 4.78 is 10.6. The van der Waals surface area contributed by atoms with E-state index in [1.165, 1.54) is 4.90 Å². The van der Waals surface area contributed by atoms with Crippen molar-refractivity contribution in [1.82, 2.24) is 4.90 Å². The number of hydrogen-bond donors (Lipinski definition) is 0. The second-order valence-electron chi connectivity index (χ2n) is 5.92. The number of likely N-dealkylation sites (N-methyl/N-ethyl adjacent to an activating group) is 1. The van der Waals surface area contributed by atoms with Gasteiger partial charge >= 0.3 is 6.09 Å². The predicted octanol–water partition coefficient (Wildman–Crippen LogP) is 2.51. The number of nitrogens with zero attached hydrogens (tertiary/aromatic N) is 1. The Morgan fingerprint density at radius 3 is 2.47 bits per heavy atom. The first-order valence-electron chi connectivity index (χ1n) is 6.45. The molecule has 19 heavy (non-hydrogen) atoms. The van der Waals surface area contributed by atoms with Gasteiger partial charge in [0, 0.05) is 7.05 Å². The second kappa shape index (κ2) is 5.63. The number of aldehydes is 1. The molecule has 1 rings (SSSR count). The Bertz CT molecular complexity index is 383. The molecule has 0 aromatic rings. The van der Waals surface area contributed by atoms with Crippen molar-refractivity contribution in [3.05, 3.63) is 11.8 Å². The Morgan fingerprint density at radius 2 is 2.05 bits per heavy atom. The fourth-order valence-corrected chi connectivity index (χ4v) is 1.83. The van der Waals surface area contributed by atoms with Gasteiger partial charge in [-0.2, -0.15) is 0 Å². The second-order valence-corrected chi connectivity index (χ2v) is 5.92.